The van der Waals surface area contributed by atoms with Gasteiger partial charge in [-0.1, -0.05) is 127 Å². The number of aromatic nitrogens is 2. The van der Waals surface area contributed by atoms with Crippen LogP contribution in [-0.4, -0.2) is 9.97 Å². The maximum Gasteiger partial charge on any atom is 0.135 e. The molecule has 0 fully saturated rings. The zero-order valence-corrected chi connectivity index (χ0v) is 26.5. The molecule has 3 heteroatoms. The van der Waals surface area contributed by atoms with Crippen LogP contribution in [-0.2, 0) is 0 Å². The molecule has 228 valence electrons. The predicted molar refractivity (Wildman–Crippen MR) is 204 cm³/mol. The van der Waals surface area contributed by atoms with Crippen molar-refractivity contribution in [3.8, 4) is 44.8 Å². The summed E-state index contributed by atoms with van der Waals surface area (Å²) >= 11 is 0. The normalized spacial score (nSPS) is 11.7. The highest BCUT2D eigenvalue weighted by Gasteiger charge is 2.11. The molecule has 0 aliphatic heterocycles. The van der Waals surface area contributed by atoms with E-state index >= 15 is 0 Å². The molecule has 0 radical (unpaired) electrons. The molecule has 3 aromatic heterocycles. The van der Waals surface area contributed by atoms with Gasteiger partial charge in [0, 0.05) is 32.7 Å². The molecule has 0 spiro atoms. The first-order valence-electron chi connectivity index (χ1n) is 16.6. The van der Waals surface area contributed by atoms with E-state index in [2.05, 4.69) is 140 Å². The van der Waals surface area contributed by atoms with Crippen LogP contribution in [0.15, 0.2) is 174 Å². The SMILES string of the molecule is c1ccc(-c2ccc3ccc4ccc(-c5ccc6cc(-c7ccc(-c8ccc9oc%10ccccc%10c9c8)cc7)ccc6c5)nc4c3n2)cc1. The second kappa shape index (κ2) is 11.0. The van der Waals surface area contributed by atoms with Gasteiger partial charge in [0.05, 0.1) is 22.4 Å². The molecule has 0 saturated carbocycles. The van der Waals surface area contributed by atoms with Gasteiger partial charge in [0.2, 0.25) is 0 Å². The summed E-state index contributed by atoms with van der Waals surface area (Å²) in [6, 6.07) is 59.9. The number of benzene rings is 7. The number of pyridine rings is 2. The molecule has 3 heterocycles. The van der Waals surface area contributed by atoms with E-state index in [1.165, 1.54) is 33.0 Å². The minimum atomic E-state index is 0.917. The average molecular weight is 625 g/mol. The summed E-state index contributed by atoms with van der Waals surface area (Å²) in [6.07, 6.45) is 0. The molecule has 10 rings (SSSR count). The molecule has 0 saturated heterocycles. The number of rotatable bonds is 4. The first-order valence-corrected chi connectivity index (χ1v) is 16.6. The van der Waals surface area contributed by atoms with Gasteiger partial charge in [-0.05, 0) is 75.5 Å². The molecule has 49 heavy (non-hydrogen) atoms. The number of fused-ring (bicyclic) bond motifs is 7. The molecule has 0 bridgehead atoms. The van der Waals surface area contributed by atoms with Crippen molar-refractivity contribution in [2.24, 2.45) is 0 Å². The summed E-state index contributed by atoms with van der Waals surface area (Å²) in [4.78, 5) is 10.2. The molecule has 0 aliphatic rings. The molecule has 3 nitrogen and oxygen atoms in total. The van der Waals surface area contributed by atoms with Crippen molar-refractivity contribution >= 4 is 54.5 Å². The Hall–Kier alpha value is -6.58. The van der Waals surface area contributed by atoms with Gasteiger partial charge in [0.15, 0.2) is 0 Å². The molecule has 0 aliphatic carbocycles. The van der Waals surface area contributed by atoms with Gasteiger partial charge >= 0.3 is 0 Å². The molecule has 0 unspecified atom stereocenters. The lowest BCUT2D eigenvalue weighted by Gasteiger charge is -2.10. The first kappa shape index (κ1) is 27.5. The van der Waals surface area contributed by atoms with Crippen LogP contribution in [0, 0.1) is 0 Å². The lowest BCUT2D eigenvalue weighted by atomic mass is 9.96. The van der Waals surface area contributed by atoms with Gasteiger partial charge in [-0.2, -0.15) is 0 Å². The topological polar surface area (TPSA) is 38.9 Å². The van der Waals surface area contributed by atoms with Crippen molar-refractivity contribution in [3.63, 3.8) is 0 Å². The van der Waals surface area contributed by atoms with Gasteiger partial charge in [0.25, 0.3) is 0 Å². The quantitative estimate of drug-likeness (QED) is 0.183. The Morgan fingerprint density at radius 2 is 0.796 bits per heavy atom. The smallest absolute Gasteiger partial charge is 0.135 e. The van der Waals surface area contributed by atoms with Crippen molar-refractivity contribution < 1.29 is 4.42 Å². The van der Waals surface area contributed by atoms with Gasteiger partial charge in [-0.15, -0.1) is 0 Å². The molecule has 10 aromatic rings. The fourth-order valence-corrected chi connectivity index (χ4v) is 7.04. The second-order valence-electron chi connectivity index (χ2n) is 12.6. The molecule has 0 atom stereocenters. The lowest BCUT2D eigenvalue weighted by Crippen LogP contribution is -1.91. The third kappa shape index (κ3) is 4.75. The van der Waals surface area contributed by atoms with Crippen LogP contribution in [0.2, 0.25) is 0 Å². The van der Waals surface area contributed by atoms with E-state index < -0.39 is 0 Å². The van der Waals surface area contributed by atoms with E-state index in [-0.39, 0.29) is 0 Å². The maximum atomic E-state index is 6.03. The maximum absolute atomic E-state index is 6.03. The van der Waals surface area contributed by atoms with Gasteiger partial charge in [0.1, 0.15) is 11.2 Å². The average Bonchev–Trinajstić information content (AvgIpc) is 3.55. The minimum Gasteiger partial charge on any atom is -0.456 e. The standard InChI is InChI=1S/C46H28N2O/c1-2-6-31(7-3-1)41-23-20-32-14-15-33-21-24-42(48-46(33)45(32)47-41)38-19-18-35-26-34(16-17-36(35)27-38)29-10-12-30(13-11-29)37-22-25-44-40(28-37)39-8-4-5-9-43(39)49-44/h1-28H. The Morgan fingerprint density at radius 3 is 1.51 bits per heavy atom. The van der Waals surface area contributed by atoms with Crippen LogP contribution in [0.5, 0.6) is 0 Å². The van der Waals surface area contributed by atoms with Gasteiger partial charge < -0.3 is 4.42 Å². The molecule has 0 amide bonds. The summed E-state index contributed by atoms with van der Waals surface area (Å²) < 4.78 is 6.03. The van der Waals surface area contributed by atoms with E-state index in [1.54, 1.807) is 0 Å². The number of nitrogens with zero attached hydrogens (tertiary/aromatic N) is 2. The highest BCUT2D eigenvalue weighted by atomic mass is 16.3. The Balaban J connectivity index is 0.967. The van der Waals surface area contributed by atoms with Gasteiger partial charge in [-0.25, -0.2) is 9.97 Å². The van der Waals surface area contributed by atoms with E-state index in [0.29, 0.717) is 0 Å². The van der Waals surface area contributed by atoms with Crippen molar-refractivity contribution in [3.05, 3.63) is 170 Å². The summed E-state index contributed by atoms with van der Waals surface area (Å²) in [5, 5.41) is 6.84. The van der Waals surface area contributed by atoms with Crippen LogP contribution >= 0.6 is 0 Å². The minimum absolute atomic E-state index is 0.917. The van der Waals surface area contributed by atoms with Gasteiger partial charge in [-0.3, -0.25) is 0 Å². The Kier molecular flexibility index (Phi) is 6.18. The van der Waals surface area contributed by atoms with Crippen molar-refractivity contribution in [1.82, 2.24) is 9.97 Å². The number of hydrogen-bond donors (Lipinski definition) is 0. The zero-order valence-electron chi connectivity index (χ0n) is 26.5. The number of hydrogen-bond acceptors (Lipinski definition) is 3. The van der Waals surface area contributed by atoms with Crippen molar-refractivity contribution in [2.75, 3.05) is 0 Å². The summed E-state index contributed by atoms with van der Waals surface area (Å²) in [6.45, 7) is 0. The summed E-state index contributed by atoms with van der Waals surface area (Å²) in [5.41, 5.74) is 12.5. The second-order valence-corrected chi connectivity index (χ2v) is 12.6. The van der Waals surface area contributed by atoms with E-state index in [1.807, 2.05) is 30.3 Å². The monoisotopic (exact) mass is 624 g/mol. The van der Waals surface area contributed by atoms with E-state index in [0.717, 1.165) is 66.3 Å². The van der Waals surface area contributed by atoms with Crippen LogP contribution in [0.1, 0.15) is 0 Å². The predicted octanol–water partition coefficient (Wildman–Crippen LogP) is 12.5. The van der Waals surface area contributed by atoms with Crippen LogP contribution in [0.25, 0.3) is 99.3 Å². The Labute approximate surface area is 282 Å². The highest BCUT2D eigenvalue weighted by Crippen LogP contribution is 2.35. The first-order chi connectivity index (χ1) is 24.2. The summed E-state index contributed by atoms with van der Waals surface area (Å²) in [5.74, 6) is 0. The number of furan rings is 1. The van der Waals surface area contributed by atoms with Crippen LogP contribution in [0.4, 0.5) is 0 Å². The zero-order chi connectivity index (χ0) is 32.3. The molecular weight excluding hydrogens is 597 g/mol. The third-order valence-corrected chi connectivity index (χ3v) is 9.65. The fraction of sp³-hybridized carbons (Fsp3) is 0. The van der Waals surface area contributed by atoms with E-state index in [9.17, 15) is 0 Å². The summed E-state index contributed by atoms with van der Waals surface area (Å²) in [7, 11) is 0. The third-order valence-electron chi connectivity index (χ3n) is 9.65. The molecule has 0 N–H and O–H groups in total. The Bertz CT molecular complexity index is 2870. The highest BCUT2D eigenvalue weighted by molar-refractivity contribution is 6.06. The largest absolute Gasteiger partial charge is 0.456 e. The number of para-hydroxylation sites is 1. The molecule has 7 aromatic carbocycles. The van der Waals surface area contributed by atoms with Crippen LogP contribution < -0.4 is 0 Å². The lowest BCUT2D eigenvalue weighted by molar-refractivity contribution is 0.669. The van der Waals surface area contributed by atoms with Crippen LogP contribution in [0.3, 0.4) is 0 Å². The van der Waals surface area contributed by atoms with Crippen molar-refractivity contribution in [2.45, 2.75) is 0 Å². The fourth-order valence-electron chi connectivity index (χ4n) is 7.04. The van der Waals surface area contributed by atoms with Crippen molar-refractivity contribution in [1.29, 1.82) is 0 Å². The molecular formula is C46H28N2O. The van der Waals surface area contributed by atoms with E-state index in [4.69, 9.17) is 14.4 Å². The Morgan fingerprint density at radius 1 is 0.306 bits per heavy atom.